The second kappa shape index (κ2) is 6.51. The van der Waals surface area contributed by atoms with E-state index < -0.39 is 10.7 Å². The summed E-state index contributed by atoms with van der Waals surface area (Å²) in [6.07, 6.45) is 0. The van der Waals surface area contributed by atoms with E-state index in [9.17, 15) is 14.5 Å². The number of hydrogen-bond donors (Lipinski definition) is 1. The first-order valence-corrected chi connectivity index (χ1v) is 6.33. The van der Waals surface area contributed by atoms with Gasteiger partial charge >= 0.3 is 0 Å². The fraction of sp³-hybridized carbons (Fsp3) is 0.143. The van der Waals surface area contributed by atoms with Gasteiger partial charge < -0.3 is 9.84 Å². The van der Waals surface area contributed by atoms with Crippen molar-refractivity contribution < 1.29 is 19.2 Å². The monoisotopic (exact) mass is 311 g/mol. The van der Waals surface area contributed by atoms with E-state index >= 15 is 0 Å². The largest absolute Gasteiger partial charge is 0.489 e. The molecule has 2 aromatic carbocycles. The van der Waals surface area contributed by atoms with E-state index in [0.29, 0.717) is 11.1 Å². The third-order valence-electron chi connectivity index (χ3n) is 2.75. The van der Waals surface area contributed by atoms with Crippen molar-refractivity contribution in [2.24, 2.45) is 0 Å². The third-order valence-corrected chi connectivity index (χ3v) is 2.99. The Morgan fingerprint density at radius 1 is 1.29 bits per heavy atom. The molecule has 0 unspecified atom stereocenters. The highest BCUT2D eigenvalue weighted by atomic mass is 35.5. The number of halogens is 2. The number of nitrogens with zero attached hydrogens (tertiary/aromatic N) is 1. The summed E-state index contributed by atoms with van der Waals surface area (Å²) >= 11 is 5.72. The molecular weight excluding hydrogens is 301 g/mol. The fourth-order valence-corrected chi connectivity index (χ4v) is 1.95. The molecule has 0 amide bonds. The van der Waals surface area contributed by atoms with Crippen LogP contribution in [0.2, 0.25) is 5.02 Å². The van der Waals surface area contributed by atoms with Crippen molar-refractivity contribution in [3.63, 3.8) is 0 Å². The van der Waals surface area contributed by atoms with Gasteiger partial charge in [0.1, 0.15) is 18.2 Å². The Labute approximate surface area is 124 Å². The van der Waals surface area contributed by atoms with Crippen LogP contribution < -0.4 is 4.74 Å². The molecule has 0 aliphatic heterocycles. The molecule has 0 heterocycles. The zero-order chi connectivity index (χ0) is 15.4. The molecule has 0 aliphatic carbocycles. The quantitative estimate of drug-likeness (QED) is 0.678. The SMILES string of the molecule is O=[N+]([O-])c1cc(Cl)ccc1COc1cc(F)cc(CO)c1. The minimum Gasteiger partial charge on any atom is -0.489 e. The van der Waals surface area contributed by atoms with Gasteiger partial charge in [-0.1, -0.05) is 11.6 Å². The standard InChI is InChI=1S/C14H11ClFNO4/c15-11-2-1-10(14(5-11)17(19)20)8-21-13-4-9(7-18)3-12(16)6-13/h1-6,18H,7-8H2. The first kappa shape index (κ1) is 15.2. The lowest BCUT2D eigenvalue weighted by molar-refractivity contribution is -0.385. The molecule has 21 heavy (non-hydrogen) atoms. The van der Waals surface area contributed by atoms with E-state index in [1.807, 2.05) is 0 Å². The van der Waals surface area contributed by atoms with Crippen LogP contribution in [0, 0.1) is 15.9 Å². The Hall–Kier alpha value is -2.18. The van der Waals surface area contributed by atoms with E-state index in [0.717, 1.165) is 6.07 Å². The molecule has 0 aromatic heterocycles. The summed E-state index contributed by atoms with van der Waals surface area (Å²) < 4.78 is 18.6. The average molecular weight is 312 g/mol. The molecule has 0 saturated carbocycles. The van der Waals surface area contributed by atoms with Crippen molar-refractivity contribution in [1.29, 1.82) is 0 Å². The van der Waals surface area contributed by atoms with Gasteiger partial charge in [-0.25, -0.2) is 4.39 Å². The molecular formula is C14H11ClFNO4. The maximum atomic E-state index is 13.3. The molecule has 7 heteroatoms. The van der Waals surface area contributed by atoms with E-state index in [-0.39, 0.29) is 29.7 Å². The van der Waals surface area contributed by atoms with Crippen LogP contribution >= 0.6 is 11.6 Å². The number of rotatable bonds is 5. The summed E-state index contributed by atoms with van der Waals surface area (Å²) in [5.41, 5.74) is 0.510. The average Bonchev–Trinajstić information content (AvgIpc) is 2.45. The van der Waals surface area contributed by atoms with Crippen molar-refractivity contribution >= 4 is 17.3 Å². The lowest BCUT2D eigenvalue weighted by Gasteiger charge is -2.08. The van der Waals surface area contributed by atoms with E-state index in [1.165, 1.54) is 30.3 Å². The van der Waals surface area contributed by atoms with Gasteiger partial charge in [0, 0.05) is 17.2 Å². The van der Waals surface area contributed by atoms with Gasteiger partial charge in [-0.05, 0) is 29.8 Å². The van der Waals surface area contributed by atoms with Crippen LogP contribution in [0.5, 0.6) is 5.75 Å². The number of benzene rings is 2. The van der Waals surface area contributed by atoms with Crippen LogP contribution in [0.4, 0.5) is 10.1 Å². The molecule has 0 bridgehead atoms. The molecule has 0 radical (unpaired) electrons. The topological polar surface area (TPSA) is 72.6 Å². The fourth-order valence-electron chi connectivity index (χ4n) is 1.79. The van der Waals surface area contributed by atoms with Crippen LogP contribution in [-0.2, 0) is 13.2 Å². The molecule has 0 atom stereocenters. The van der Waals surface area contributed by atoms with Gasteiger partial charge in [0.15, 0.2) is 0 Å². The lowest BCUT2D eigenvalue weighted by Crippen LogP contribution is -2.01. The predicted molar refractivity (Wildman–Crippen MR) is 74.8 cm³/mol. The van der Waals surface area contributed by atoms with Gasteiger partial charge in [0.05, 0.1) is 17.1 Å². The normalized spacial score (nSPS) is 10.4. The molecule has 2 aromatic rings. The van der Waals surface area contributed by atoms with E-state index in [4.69, 9.17) is 21.4 Å². The maximum absolute atomic E-state index is 13.3. The minimum absolute atomic E-state index is 0.109. The van der Waals surface area contributed by atoms with Crippen LogP contribution in [0.1, 0.15) is 11.1 Å². The predicted octanol–water partition coefficient (Wildman–Crippen LogP) is 3.46. The molecule has 0 fully saturated rings. The Morgan fingerprint density at radius 2 is 2.05 bits per heavy atom. The molecule has 0 spiro atoms. The van der Waals surface area contributed by atoms with Gasteiger partial charge in [0.2, 0.25) is 0 Å². The molecule has 5 nitrogen and oxygen atoms in total. The molecule has 0 aliphatic rings. The van der Waals surface area contributed by atoms with Crippen LogP contribution in [-0.4, -0.2) is 10.0 Å². The number of aliphatic hydroxyl groups is 1. The van der Waals surface area contributed by atoms with E-state index in [2.05, 4.69) is 0 Å². The summed E-state index contributed by atoms with van der Waals surface area (Å²) in [7, 11) is 0. The van der Waals surface area contributed by atoms with Gasteiger partial charge in [-0.15, -0.1) is 0 Å². The summed E-state index contributed by atoms with van der Waals surface area (Å²) in [5, 5.41) is 20.2. The van der Waals surface area contributed by atoms with Crippen LogP contribution in [0.15, 0.2) is 36.4 Å². The first-order valence-electron chi connectivity index (χ1n) is 5.95. The zero-order valence-electron chi connectivity index (χ0n) is 10.8. The first-order chi connectivity index (χ1) is 9.99. The van der Waals surface area contributed by atoms with Crippen molar-refractivity contribution in [2.45, 2.75) is 13.2 Å². The molecule has 2 rings (SSSR count). The number of aliphatic hydroxyl groups excluding tert-OH is 1. The molecule has 1 N–H and O–H groups in total. The van der Waals surface area contributed by atoms with Crippen LogP contribution in [0.3, 0.4) is 0 Å². The Bertz CT molecular complexity index is 678. The van der Waals surface area contributed by atoms with Gasteiger partial charge in [-0.3, -0.25) is 10.1 Å². The van der Waals surface area contributed by atoms with Crippen molar-refractivity contribution in [1.82, 2.24) is 0 Å². The number of hydrogen-bond acceptors (Lipinski definition) is 4. The molecule has 110 valence electrons. The summed E-state index contributed by atoms with van der Waals surface area (Å²) in [5.74, 6) is -0.370. The highest BCUT2D eigenvalue weighted by Gasteiger charge is 2.15. The number of ether oxygens (including phenoxy) is 1. The lowest BCUT2D eigenvalue weighted by atomic mass is 10.2. The second-order valence-electron chi connectivity index (χ2n) is 4.27. The van der Waals surface area contributed by atoms with Crippen molar-refractivity contribution in [3.8, 4) is 5.75 Å². The smallest absolute Gasteiger partial charge is 0.277 e. The van der Waals surface area contributed by atoms with Gasteiger partial charge in [-0.2, -0.15) is 0 Å². The molecule has 0 saturated heterocycles. The second-order valence-corrected chi connectivity index (χ2v) is 4.71. The summed E-state index contributed by atoms with van der Waals surface area (Å²) in [4.78, 5) is 10.4. The summed E-state index contributed by atoms with van der Waals surface area (Å²) in [6, 6.07) is 8.00. The Morgan fingerprint density at radius 3 is 2.71 bits per heavy atom. The van der Waals surface area contributed by atoms with E-state index in [1.54, 1.807) is 0 Å². The highest BCUT2D eigenvalue weighted by molar-refractivity contribution is 6.30. The van der Waals surface area contributed by atoms with Gasteiger partial charge in [0.25, 0.3) is 5.69 Å². The minimum atomic E-state index is -0.560. The number of nitro benzene ring substituents is 1. The highest BCUT2D eigenvalue weighted by Crippen LogP contribution is 2.25. The van der Waals surface area contributed by atoms with Crippen molar-refractivity contribution in [2.75, 3.05) is 0 Å². The Kier molecular flexibility index (Phi) is 4.72. The third kappa shape index (κ3) is 3.90. The maximum Gasteiger partial charge on any atom is 0.277 e. The Balaban J connectivity index is 2.20. The number of nitro groups is 1. The van der Waals surface area contributed by atoms with Crippen molar-refractivity contribution in [3.05, 3.63) is 68.5 Å². The zero-order valence-corrected chi connectivity index (χ0v) is 11.5. The summed E-state index contributed by atoms with van der Waals surface area (Å²) in [6.45, 7) is -0.434. The van der Waals surface area contributed by atoms with Crippen LogP contribution in [0.25, 0.3) is 0 Å².